The third-order valence-electron chi connectivity index (χ3n) is 4.51. The van der Waals surface area contributed by atoms with E-state index in [-0.39, 0.29) is 30.0 Å². The maximum absolute atomic E-state index is 13.0. The zero-order valence-electron chi connectivity index (χ0n) is 15.7. The van der Waals surface area contributed by atoms with Crippen molar-refractivity contribution in [1.82, 2.24) is 9.80 Å². The van der Waals surface area contributed by atoms with Crippen molar-refractivity contribution in [3.8, 4) is 0 Å². The zero-order valence-corrected chi connectivity index (χ0v) is 16.6. The normalized spacial score (nSPS) is 16.3. The Morgan fingerprint density at radius 1 is 1.19 bits per heavy atom. The lowest BCUT2D eigenvalue weighted by atomic mass is 10.1. The van der Waals surface area contributed by atoms with Crippen LogP contribution in [-0.2, 0) is 14.4 Å². The number of rotatable bonds is 8. The number of hydrogen-bond acceptors (Lipinski definition) is 4. The zero-order chi connectivity index (χ0) is 19.8. The topological polar surface area (TPSA) is 69.7 Å². The van der Waals surface area contributed by atoms with E-state index in [1.54, 1.807) is 9.80 Å². The number of benzene rings is 1. The van der Waals surface area contributed by atoms with Gasteiger partial charge in [0.05, 0.1) is 5.88 Å². The maximum atomic E-state index is 13.0. The maximum Gasteiger partial charge on any atom is 0.248 e. The number of nitrogens with one attached hydrogen (secondary N) is 1. The fourth-order valence-electron chi connectivity index (χ4n) is 2.93. The van der Waals surface area contributed by atoms with Crippen molar-refractivity contribution in [2.75, 3.05) is 30.0 Å². The lowest BCUT2D eigenvalue weighted by molar-refractivity contribution is -0.136. The molecule has 1 fully saturated rings. The van der Waals surface area contributed by atoms with E-state index >= 15 is 0 Å². The Bertz CT molecular complexity index is 665. The molecule has 0 aromatic heterocycles. The van der Waals surface area contributed by atoms with Gasteiger partial charge in [-0.25, -0.2) is 4.39 Å². The minimum atomic E-state index is -0.550. The quantitative estimate of drug-likeness (QED) is 0.735. The first kappa shape index (κ1) is 21.2. The largest absolute Gasteiger partial charge is 0.343 e. The van der Waals surface area contributed by atoms with E-state index in [9.17, 15) is 18.8 Å². The summed E-state index contributed by atoms with van der Waals surface area (Å²) in [7, 11) is 0. The van der Waals surface area contributed by atoms with Crippen LogP contribution in [0.5, 0.6) is 0 Å². The molecule has 148 valence electrons. The van der Waals surface area contributed by atoms with E-state index in [1.807, 2.05) is 13.8 Å². The van der Waals surface area contributed by atoms with Gasteiger partial charge in [-0.15, -0.1) is 11.8 Å². The number of hydrogen-bond donors (Lipinski definition) is 1. The molecule has 1 aromatic rings. The number of anilines is 1. The van der Waals surface area contributed by atoms with E-state index in [1.165, 1.54) is 36.0 Å². The molecule has 1 N–H and O–H groups in total. The molecule has 1 aliphatic rings. The van der Waals surface area contributed by atoms with Crippen molar-refractivity contribution in [3.05, 3.63) is 30.1 Å². The van der Waals surface area contributed by atoms with Gasteiger partial charge in [-0.05, 0) is 44.5 Å². The number of halogens is 1. The lowest BCUT2D eigenvalue weighted by Crippen LogP contribution is -2.44. The molecule has 0 bridgehead atoms. The highest BCUT2D eigenvalue weighted by atomic mass is 32.2. The van der Waals surface area contributed by atoms with Gasteiger partial charge in [0.1, 0.15) is 11.9 Å². The molecule has 1 saturated heterocycles. The van der Waals surface area contributed by atoms with Gasteiger partial charge in [-0.2, -0.15) is 0 Å². The summed E-state index contributed by atoms with van der Waals surface area (Å²) in [6.07, 6.45) is 1.05. The van der Waals surface area contributed by atoms with Crippen LogP contribution < -0.4 is 5.32 Å². The Balaban J connectivity index is 1.85. The van der Waals surface area contributed by atoms with Crippen LogP contribution in [0, 0.1) is 5.82 Å². The molecule has 0 radical (unpaired) electrons. The van der Waals surface area contributed by atoms with E-state index in [2.05, 4.69) is 5.32 Å². The highest BCUT2D eigenvalue weighted by Gasteiger charge is 2.34. The molecule has 8 heteroatoms. The number of carbonyl (C=O) groups is 3. The summed E-state index contributed by atoms with van der Waals surface area (Å²) < 4.78 is 13.0. The molecule has 0 spiro atoms. The van der Waals surface area contributed by atoms with E-state index < -0.39 is 6.04 Å². The molecule has 1 heterocycles. The third-order valence-corrected chi connectivity index (χ3v) is 5.53. The van der Waals surface area contributed by atoms with Gasteiger partial charge in [-0.3, -0.25) is 14.4 Å². The number of carbonyl (C=O) groups excluding carboxylic acids is 3. The Hall–Kier alpha value is -2.09. The molecule has 1 aliphatic heterocycles. The van der Waals surface area contributed by atoms with Crippen LogP contribution in [0.25, 0.3) is 0 Å². The molecule has 6 nitrogen and oxygen atoms in total. The second-order valence-corrected chi connectivity index (χ2v) is 7.29. The summed E-state index contributed by atoms with van der Waals surface area (Å²) in [6.45, 7) is 5.19. The minimum absolute atomic E-state index is 0.0502. The predicted molar refractivity (Wildman–Crippen MR) is 105 cm³/mol. The van der Waals surface area contributed by atoms with Crippen LogP contribution in [-0.4, -0.2) is 58.3 Å². The third kappa shape index (κ3) is 5.95. The fraction of sp³-hybridized carbons (Fsp3) is 0.526. The van der Waals surface area contributed by atoms with Crippen molar-refractivity contribution >= 4 is 35.2 Å². The number of thioether (sulfide) groups is 1. The molecule has 0 unspecified atom stereocenters. The van der Waals surface area contributed by atoms with Gasteiger partial charge in [0.2, 0.25) is 17.7 Å². The summed E-state index contributed by atoms with van der Waals surface area (Å²) >= 11 is 1.52. The molecule has 0 aliphatic carbocycles. The Morgan fingerprint density at radius 2 is 1.85 bits per heavy atom. The van der Waals surface area contributed by atoms with Gasteiger partial charge in [-0.1, -0.05) is 0 Å². The SMILES string of the molecule is CCN(CC)C(=O)CCCC(=O)N1CSC[C@@H]1C(=O)Nc1ccc(F)cc1. The Labute approximate surface area is 163 Å². The van der Waals surface area contributed by atoms with Crippen LogP contribution in [0.2, 0.25) is 0 Å². The Morgan fingerprint density at radius 3 is 2.48 bits per heavy atom. The summed E-state index contributed by atoms with van der Waals surface area (Å²) in [5.74, 6) is 0.266. The van der Waals surface area contributed by atoms with E-state index in [0.29, 0.717) is 43.2 Å². The average Bonchev–Trinajstić information content (AvgIpc) is 3.14. The minimum Gasteiger partial charge on any atom is -0.343 e. The van der Waals surface area contributed by atoms with Gasteiger partial charge >= 0.3 is 0 Å². The van der Waals surface area contributed by atoms with Crippen molar-refractivity contribution in [3.63, 3.8) is 0 Å². The van der Waals surface area contributed by atoms with Crippen LogP contribution in [0.3, 0.4) is 0 Å². The van der Waals surface area contributed by atoms with Gasteiger partial charge in [0, 0.05) is 37.4 Å². The van der Waals surface area contributed by atoms with Crippen LogP contribution in [0.1, 0.15) is 33.1 Å². The molecule has 0 saturated carbocycles. The molecule has 2 rings (SSSR count). The van der Waals surface area contributed by atoms with Gasteiger partial charge in [0.15, 0.2) is 0 Å². The first-order chi connectivity index (χ1) is 13.0. The van der Waals surface area contributed by atoms with E-state index in [0.717, 1.165) is 0 Å². The van der Waals surface area contributed by atoms with Gasteiger partial charge < -0.3 is 15.1 Å². The van der Waals surface area contributed by atoms with Crippen LogP contribution >= 0.6 is 11.8 Å². The van der Waals surface area contributed by atoms with Gasteiger partial charge in [0.25, 0.3) is 0 Å². The van der Waals surface area contributed by atoms with Crippen molar-refractivity contribution in [2.24, 2.45) is 0 Å². The molecule has 3 amide bonds. The first-order valence-corrected chi connectivity index (χ1v) is 10.3. The molecular formula is C19H26FN3O3S. The average molecular weight is 396 g/mol. The summed E-state index contributed by atoms with van der Waals surface area (Å²) in [5, 5.41) is 2.73. The molecule has 27 heavy (non-hydrogen) atoms. The summed E-state index contributed by atoms with van der Waals surface area (Å²) in [6, 6.07) is 4.97. The van der Waals surface area contributed by atoms with Crippen LogP contribution in [0.4, 0.5) is 10.1 Å². The Kier molecular flexibility index (Phi) is 8.09. The van der Waals surface area contributed by atoms with Crippen molar-refractivity contribution < 1.29 is 18.8 Å². The number of nitrogens with zero attached hydrogens (tertiary/aromatic N) is 2. The lowest BCUT2D eigenvalue weighted by Gasteiger charge is -2.23. The van der Waals surface area contributed by atoms with Crippen molar-refractivity contribution in [2.45, 2.75) is 39.2 Å². The smallest absolute Gasteiger partial charge is 0.248 e. The molecular weight excluding hydrogens is 369 g/mol. The van der Waals surface area contributed by atoms with Crippen molar-refractivity contribution in [1.29, 1.82) is 0 Å². The monoisotopic (exact) mass is 395 g/mol. The standard InChI is InChI=1S/C19H26FN3O3S/c1-3-22(4-2)17(24)6-5-7-18(25)23-13-27-12-16(23)19(26)21-15-10-8-14(20)9-11-15/h8-11,16H,3-7,12-13H2,1-2H3,(H,21,26)/t16-/m1/s1. The molecule has 1 atom stereocenters. The number of amides is 3. The van der Waals surface area contributed by atoms with Crippen LogP contribution in [0.15, 0.2) is 24.3 Å². The summed E-state index contributed by atoms with van der Waals surface area (Å²) in [5.41, 5.74) is 0.496. The summed E-state index contributed by atoms with van der Waals surface area (Å²) in [4.78, 5) is 40.3. The second kappa shape index (κ2) is 10.3. The second-order valence-electron chi connectivity index (χ2n) is 6.29. The highest BCUT2D eigenvalue weighted by Crippen LogP contribution is 2.23. The predicted octanol–water partition coefficient (Wildman–Crippen LogP) is 2.70. The first-order valence-electron chi connectivity index (χ1n) is 9.17. The fourth-order valence-corrected chi connectivity index (χ4v) is 4.11. The molecule has 1 aromatic carbocycles. The highest BCUT2D eigenvalue weighted by molar-refractivity contribution is 7.99. The van der Waals surface area contributed by atoms with E-state index in [4.69, 9.17) is 0 Å².